The van der Waals surface area contributed by atoms with Gasteiger partial charge in [0, 0.05) is 5.70 Å². The lowest BCUT2D eigenvalue weighted by molar-refractivity contribution is 0.557. The van der Waals surface area contributed by atoms with Crippen LogP contribution in [-0.4, -0.2) is 5.71 Å². The van der Waals surface area contributed by atoms with Crippen molar-refractivity contribution in [3.63, 3.8) is 0 Å². The van der Waals surface area contributed by atoms with E-state index >= 15 is 0 Å². The summed E-state index contributed by atoms with van der Waals surface area (Å²) in [5.74, 6) is 0.537. The van der Waals surface area contributed by atoms with Gasteiger partial charge in [-0.25, -0.2) is 0 Å². The smallest absolute Gasteiger partial charge is 0.151 e. The fourth-order valence-electron chi connectivity index (χ4n) is 0.731. The molecule has 11 heavy (non-hydrogen) atoms. The van der Waals surface area contributed by atoms with Crippen LogP contribution in [-0.2, 0) is 0 Å². The van der Waals surface area contributed by atoms with Crippen LogP contribution < -0.4 is 5.73 Å². The van der Waals surface area contributed by atoms with Gasteiger partial charge in [-0.3, -0.25) is 5.41 Å². The highest BCUT2D eigenvalue weighted by Crippen LogP contribution is 2.02. The van der Waals surface area contributed by atoms with Crippen LogP contribution in [0.15, 0.2) is 34.6 Å². The van der Waals surface area contributed by atoms with E-state index in [2.05, 4.69) is 0 Å². The number of nitrogens with one attached hydrogen (secondary N) is 1. The molecule has 0 radical (unpaired) electrons. The average molecular weight is 150 g/mol. The minimum Gasteiger partial charge on any atom is -0.463 e. The summed E-state index contributed by atoms with van der Waals surface area (Å²) in [4.78, 5) is 0. The topological polar surface area (TPSA) is 63.0 Å². The van der Waals surface area contributed by atoms with Gasteiger partial charge < -0.3 is 10.2 Å². The van der Waals surface area contributed by atoms with Crippen LogP contribution in [0.2, 0.25) is 0 Å². The Kier molecular flexibility index (Phi) is 2.11. The molecule has 0 aliphatic heterocycles. The number of furan rings is 1. The lowest BCUT2D eigenvalue weighted by Crippen LogP contribution is -1.98. The Morgan fingerprint density at radius 1 is 1.73 bits per heavy atom. The first-order valence-electron chi connectivity index (χ1n) is 3.26. The molecule has 58 valence electrons. The van der Waals surface area contributed by atoms with Gasteiger partial charge in [-0.15, -0.1) is 0 Å². The number of allylic oxidation sites excluding steroid dienone is 2. The van der Waals surface area contributed by atoms with Gasteiger partial charge in [-0.1, -0.05) is 0 Å². The molecule has 1 rings (SSSR count). The Balaban J connectivity index is 2.80. The summed E-state index contributed by atoms with van der Waals surface area (Å²) in [6.45, 7) is 1.73. The second-order valence-electron chi connectivity index (χ2n) is 2.28. The molecule has 1 aromatic heterocycles. The van der Waals surface area contributed by atoms with Crippen LogP contribution in [0.5, 0.6) is 0 Å². The molecule has 0 fully saturated rings. The summed E-state index contributed by atoms with van der Waals surface area (Å²) in [5, 5.41) is 7.43. The SMILES string of the molecule is C/C(N)=C/C(=N)c1ccco1. The minimum atomic E-state index is 0.301. The van der Waals surface area contributed by atoms with E-state index in [-0.39, 0.29) is 0 Å². The van der Waals surface area contributed by atoms with Gasteiger partial charge in [-0.05, 0) is 25.1 Å². The Hall–Kier alpha value is -1.51. The molecule has 0 atom stereocenters. The van der Waals surface area contributed by atoms with Crippen LogP contribution >= 0.6 is 0 Å². The second-order valence-corrected chi connectivity index (χ2v) is 2.28. The maximum Gasteiger partial charge on any atom is 0.151 e. The van der Waals surface area contributed by atoms with Crippen molar-refractivity contribution in [3.8, 4) is 0 Å². The highest BCUT2D eigenvalue weighted by molar-refractivity contribution is 6.04. The van der Waals surface area contributed by atoms with Crippen LogP contribution in [0.4, 0.5) is 0 Å². The molecular formula is C8H10N2O. The minimum absolute atomic E-state index is 0.301. The summed E-state index contributed by atoms with van der Waals surface area (Å²) in [6.07, 6.45) is 3.09. The van der Waals surface area contributed by atoms with Gasteiger partial charge in [0.15, 0.2) is 5.76 Å². The molecule has 0 saturated carbocycles. The Morgan fingerprint density at radius 2 is 2.45 bits per heavy atom. The van der Waals surface area contributed by atoms with Crippen LogP contribution in [0.3, 0.4) is 0 Å². The van der Waals surface area contributed by atoms with Crippen LogP contribution in [0, 0.1) is 5.41 Å². The van der Waals surface area contributed by atoms with Crippen molar-refractivity contribution in [2.75, 3.05) is 0 Å². The largest absolute Gasteiger partial charge is 0.463 e. The van der Waals surface area contributed by atoms with Crippen molar-refractivity contribution < 1.29 is 4.42 Å². The molecule has 3 heteroatoms. The van der Waals surface area contributed by atoms with E-state index in [1.807, 2.05) is 0 Å². The molecular weight excluding hydrogens is 140 g/mol. The fourth-order valence-corrected chi connectivity index (χ4v) is 0.731. The first-order valence-corrected chi connectivity index (χ1v) is 3.26. The molecule has 3 nitrogen and oxygen atoms in total. The highest BCUT2D eigenvalue weighted by Gasteiger charge is 1.98. The van der Waals surface area contributed by atoms with Gasteiger partial charge in [0.1, 0.15) is 0 Å². The van der Waals surface area contributed by atoms with Gasteiger partial charge >= 0.3 is 0 Å². The molecule has 0 aliphatic carbocycles. The van der Waals surface area contributed by atoms with E-state index in [1.54, 1.807) is 25.1 Å². The third-order valence-corrected chi connectivity index (χ3v) is 1.16. The number of hydrogen-bond donors (Lipinski definition) is 2. The summed E-state index contributed by atoms with van der Waals surface area (Å²) in [5.41, 5.74) is 6.28. The van der Waals surface area contributed by atoms with Crippen molar-refractivity contribution in [1.29, 1.82) is 5.41 Å². The maximum atomic E-state index is 7.43. The Bertz CT molecular complexity index is 268. The molecule has 0 saturated heterocycles. The number of hydrogen-bond acceptors (Lipinski definition) is 3. The summed E-state index contributed by atoms with van der Waals surface area (Å²) < 4.78 is 4.97. The van der Waals surface area contributed by atoms with Crippen molar-refractivity contribution in [2.24, 2.45) is 5.73 Å². The highest BCUT2D eigenvalue weighted by atomic mass is 16.3. The summed E-state index contributed by atoms with van der Waals surface area (Å²) >= 11 is 0. The van der Waals surface area contributed by atoms with Crippen molar-refractivity contribution >= 4 is 5.71 Å². The predicted octanol–water partition coefficient (Wildman–Crippen LogP) is 1.51. The van der Waals surface area contributed by atoms with Crippen molar-refractivity contribution in [3.05, 3.63) is 35.9 Å². The molecule has 0 spiro atoms. The Morgan fingerprint density at radius 3 is 2.91 bits per heavy atom. The zero-order valence-electron chi connectivity index (χ0n) is 6.29. The number of nitrogens with two attached hydrogens (primary N) is 1. The van der Waals surface area contributed by atoms with Gasteiger partial charge in [0.05, 0.1) is 12.0 Å². The Labute approximate surface area is 65.0 Å². The first kappa shape index (κ1) is 7.60. The van der Waals surface area contributed by atoms with Gasteiger partial charge in [0.25, 0.3) is 0 Å². The normalized spacial score (nSPS) is 11.5. The van der Waals surface area contributed by atoms with Crippen molar-refractivity contribution in [1.82, 2.24) is 0 Å². The van der Waals surface area contributed by atoms with E-state index in [9.17, 15) is 0 Å². The lowest BCUT2D eigenvalue weighted by atomic mass is 10.2. The van der Waals surface area contributed by atoms with Crippen molar-refractivity contribution in [2.45, 2.75) is 6.92 Å². The lowest BCUT2D eigenvalue weighted by Gasteiger charge is -1.92. The second kappa shape index (κ2) is 3.05. The van der Waals surface area contributed by atoms with E-state index in [4.69, 9.17) is 15.6 Å². The monoisotopic (exact) mass is 150 g/mol. The first-order chi connectivity index (χ1) is 5.20. The van der Waals surface area contributed by atoms with Crippen LogP contribution in [0.1, 0.15) is 12.7 Å². The van der Waals surface area contributed by atoms with E-state index in [0.29, 0.717) is 17.2 Å². The molecule has 3 N–H and O–H groups in total. The van der Waals surface area contributed by atoms with Gasteiger partial charge in [0.2, 0.25) is 0 Å². The number of rotatable bonds is 2. The van der Waals surface area contributed by atoms with E-state index < -0.39 is 0 Å². The molecule has 0 aromatic carbocycles. The van der Waals surface area contributed by atoms with E-state index in [0.717, 1.165) is 0 Å². The molecule has 1 heterocycles. The molecule has 0 amide bonds. The van der Waals surface area contributed by atoms with Gasteiger partial charge in [-0.2, -0.15) is 0 Å². The van der Waals surface area contributed by atoms with Crippen LogP contribution in [0.25, 0.3) is 0 Å². The average Bonchev–Trinajstić information content (AvgIpc) is 2.35. The zero-order chi connectivity index (χ0) is 8.27. The third-order valence-electron chi connectivity index (χ3n) is 1.16. The predicted molar refractivity (Wildman–Crippen MR) is 43.5 cm³/mol. The zero-order valence-corrected chi connectivity index (χ0v) is 6.29. The quantitative estimate of drug-likeness (QED) is 0.627. The summed E-state index contributed by atoms with van der Waals surface area (Å²) in [7, 11) is 0. The standard InChI is InChI=1S/C8H10N2O/c1-6(9)5-7(10)8-3-2-4-11-8/h2-5,10H,9H2,1H3/b6-5-,10-7?. The molecule has 0 aliphatic rings. The molecule has 0 unspecified atom stereocenters. The molecule has 0 bridgehead atoms. The third kappa shape index (κ3) is 1.97. The molecule has 1 aromatic rings. The summed E-state index contributed by atoms with van der Waals surface area (Å²) in [6, 6.07) is 3.46. The van der Waals surface area contributed by atoms with E-state index in [1.165, 1.54) is 6.26 Å². The maximum absolute atomic E-state index is 7.43. The fraction of sp³-hybridized carbons (Fsp3) is 0.125.